The first-order valence-corrected chi connectivity index (χ1v) is 10.6. The molecule has 0 saturated carbocycles. The van der Waals surface area contributed by atoms with Crippen LogP contribution in [0.5, 0.6) is 0 Å². The van der Waals surface area contributed by atoms with Gasteiger partial charge in [0.15, 0.2) is 5.96 Å². The van der Waals surface area contributed by atoms with E-state index in [4.69, 9.17) is 4.74 Å². The van der Waals surface area contributed by atoms with E-state index in [-0.39, 0.29) is 41.5 Å². The van der Waals surface area contributed by atoms with Crippen LogP contribution in [0, 0.1) is 11.3 Å². The van der Waals surface area contributed by atoms with Crippen LogP contribution in [0.15, 0.2) is 47.7 Å². The lowest BCUT2D eigenvalue weighted by molar-refractivity contribution is -0.0835. The lowest BCUT2D eigenvalue weighted by Crippen LogP contribution is -2.47. The Kier molecular flexibility index (Phi) is 9.15. The third-order valence-corrected chi connectivity index (χ3v) is 5.55. The SMILES string of the molecule is CN=C(NCC1CCCOC1C(C)(C)C)NC(C)c1cccc(-n2cccn2)c1.I. The lowest BCUT2D eigenvalue weighted by atomic mass is 9.78. The first kappa shape index (κ1) is 24.7. The maximum Gasteiger partial charge on any atom is 0.191 e. The molecule has 2 heterocycles. The standard InChI is InChI=1S/C23H35N5O.HI/c1-17(18-9-6-11-20(15-18)28-13-8-12-26-28)27-22(24-5)25-16-19-10-7-14-29-21(19)23(2,3)4;/h6,8-9,11-13,15,17,19,21H,7,10,14,16H2,1-5H3,(H2,24,25,27);1H. The monoisotopic (exact) mass is 525 g/mol. The third-order valence-electron chi connectivity index (χ3n) is 5.55. The Bertz CT molecular complexity index is 800. The fraction of sp³-hybridized carbons (Fsp3) is 0.565. The van der Waals surface area contributed by atoms with Gasteiger partial charge in [-0.2, -0.15) is 5.10 Å². The Balaban J connectivity index is 0.00000320. The van der Waals surface area contributed by atoms with Crippen molar-refractivity contribution in [2.75, 3.05) is 20.2 Å². The molecule has 3 atom stereocenters. The summed E-state index contributed by atoms with van der Waals surface area (Å²) in [5.74, 6) is 1.31. The molecule has 1 fully saturated rings. The maximum atomic E-state index is 6.11. The lowest BCUT2D eigenvalue weighted by Gasteiger charge is -2.40. The minimum Gasteiger partial charge on any atom is -0.377 e. The maximum absolute atomic E-state index is 6.11. The Hall–Kier alpha value is -1.61. The van der Waals surface area contributed by atoms with Gasteiger partial charge in [-0.15, -0.1) is 24.0 Å². The number of guanidine groups is 1. The Morgan fingerprint density at radius 3 is 2.80 bits per heavy atom. The molecule has 30 heavy (non-hydrogen) atoms. The highest BCUT2D eigenvalue weighted by Gasteiger charge is 2.35. The Labute approximate surface area is 197 Å². The van der Waals surface area contributed by atoms with Crippen molar-refractivity contribution in [1.82, 2.24) is 20.4 Å². The summed E-state index contributed by atoms with van der Waals surface area (Å²) < 4.78 is 7.99. The van der Waals surface area contributed by atoms with Crippen LogP contribution in [0.25, 0.3) is 5.69 Å². The quantitative estimate of drug-likeness (QED) is 0.342. The Morgan fingerprint density at radius 1 is 1.33 bits per heavy atom. The van der Waals surface area contributed by atoms with Crippen LogP contribution >= 0.6 is 24.0 Å². The number of hydrogen-bond acceptors (Lipinski definition) is 3. The predicted octanol–water partition coefficient (Wildman–Crippen LogP) is 4.56. The van der Waals surface area contributed by atoms with Crippen LogP contribution in [0.1, 0.15) is 52.1 Å². The van der Waals surface area contributed by atoms with Gasteiger partial charge in [-0.3, -0.25) is 4.99 Å². The molecule has 0 bridgehead atoms. The second-order valence-corrected chi connectivity index (χ2v) is 8.92. The molecule has 2 aromatic rings. The van der Waals surface area contributed by atoms with Crippen molar-refractivity contribution >= 4 is 29.9 Å². The fourth-order valence-corrected chi connectivity index (χ4v) is 4.08. The van der Waals surface area contributed by atoms with Gasteiger partial charge in [0.25, 0.3) is 0 Å². The van der Waals surface area contributed by atoms with Crippen molar-refractivity contribution < 1.29 is 4.74 Å². The summed E-state index contributed by atoms with van der Waals surface area (Å²) >= 11 is 0. The van der Waals surface area contributed by atoms with E-state index in [1.807, 2.05) is 24.0 Å². The van der Waals surface area contributed by atoms with Crippen LogP contribution in [0.4, 0.5) is 0 Å². The van der Waals surface area contributed by atoms with E-state index >= 15 is 0 Å². The van der Waals surface area contributed by atoms with E-state index < -0.39 is 0 Å². The summed E-state index contributed by atoms with van der Waals surface area (Å²) in [7, 11) is 1.82. The van der Waals surface area contributed by atoms with Crippen molar-refractivity contribution in [3.63, 3.8) is 0 Å². The van der Waals surface area contributed by atoms with E-state index in [9.17, 15) is 0 Å². The molecule has 3 unspecified atom stereocenters. The smallest absolute Gasteiger partial charge is 0.191 e. The molecule has 1 aromatic heterocycles. The van der Waals surface area contributed by atoms with Gasteiger partial charge in [-0.25, -0.2) is 4.68 Å². The molecule has 3 rings (SSSR count). The highest BCUT2D eigenvalue weighted by atomic mass is 127. The average Bonchev–Trinajstić information content (AvgIpc) is 3.25. The number of nitrogens with zero attached hydrogens (tertiary/aromatic N) is 3. The molecular weight excluding hydrogens is 489 g/mol. The summed E-state index contributed by atoms with van der Waals surface area (Å²) in [6.07, 6.45) is 6.33. The predicted molar refractivity (Wildman–Crippen MR) is 134 cm³/mol. The zero-order valence-electron chi connectivity index (χ0n) is 18.8. The molecule has 166 valence electrons. The van der Waals surface area contributed by atoms with E-state index in [2.05, 4.69) is 72.7 Å². The summed E-state index contributed by atoms with van der Waals surface area (Å²) in [6.45, 7) is 10.7. The van der Waals surface area contributed by atoms with Gasteiger partial charge in [0.05, 0.1) is 17.8 Å². The number of hydrogen-bond donors (Lipinski definition) is 2. The second kappa shape index (κ2) is 11.1. The van der Waals surface area contributed by atoms with Crippen LogP contribution in [-0.2, 0) is 4.74 Å². The molecule has 7 heteroatoms. The highest BCUT2D eigenvalue weighted by molar-refractivity contribution is 14.0. The van der Waals surface area contributed by atoms with Gasteiger partial charge >= 0.3 is 0 Å². The first-order valence-electron chi connectivity index (χ1n) is 10.6. The number of ether oxygens (including phenoxy) is 1. The van der Waals surface area contributed by atoms with Gasteiger partial charge in [0.2, 0.25) is 0 Å². The molecule has 0 spiro atoms. The van der Waals surface area contributed by atoms with E-state index in [1.165, 1.54) is 12.0 Å². The van der Waals surface area contributed by atoms with Crippen LogP contribution in [0.3, 0.4) is 0 Å². The Morgan fingerprint density at radius 2 is 2.13 bits per heavy atom. The van der Waals surface area contributed by atoms with Crippen molar-refractivity contribution in [1.29, 1.82) is 0 Å². The van der Waals surface area contributed by atoms with E-state index in [0.29, 0.717) is 5.92 Å². The van der Waals surface area contributed by atoms with Crippen LogP contribution < -0.4 is 10.6 Å². The largest absolute Gasteiger partial charge is 0.377 e. The number of halogens is 1. The third kappa shape index (κ3) is 6.44. The van der Waals surface area contributed by atoms with Gasteiger partial charge in [0, 0.05) is 38.5 Å². The molecule has 0 amide bonds. The highest BCUT2D eigenvalue weighted by Crippen LogP contribution is 2.33. The van der Waals surface area contributed by atoms with Gasteiger partial charge in [-0.1, -0.05) is 32.9 Å². The summed E-state index contributed by atoms with van der Waals surface area (Å²) in [6, 6.07) is 10.5. The summed E-state index contributed by atoms with van der Waals surface area (Å²) in [4.78, 5) is 4.43. The second-order valence-electron chi connectivity index (χ2n) is 8.92. The first-order chi connectivity index (χ1) is 13.9. The molecule has 6 nitrogen and oxygen atoms in total. The summed E-state index contributed by atoms with van der Waals surface area (Å²) in [5.41, 5.74) is 2.38. The number of benzene rings is 1. The number of aliphatic imine (C=N–C) groups is 1. The molecule has 1 saturated heterocycles. The van der Waals surface area contributed by atoms with Gasteiger partial charge < -0.3 is 15.4 Å². The minimum absolute atomic E-state index is 0. The van der Waals surface area contributed by atoms with Crippen molar-refractivity contribution in [3.8, 4) is 5.69 Å². The molecule has 0 aliphatic carbocycles. The van der Waals surface area contributed by atoms with Crippen LogP contribution in [-0.4, -0.2) is 42.0 Å². The normalized spacial score (nSPS) is 20.9. The number of aromatic nitrogens is 2. The minimum atomic E-state index is 0. The number of nitrogens with one attached hydrogen (secondary N) is 2. The van der Waals surface area contributed by atoms with Crippen molar-refractivity contribution in [3.05, 3.63) is 48.3 Å². The molecule has 2 N–H and O–H groups in total. The zero-order chi connectivity index (χ0) is 20.9. The molecule has 1 aliphatic heterocycles. The number of rotatable bonds is 5. The van der Waals surface area contributed by atoms with Crippen molar-refractivity contribution in [2.24, 2.45) is 16.3 Å². The fourth-order valence-electron chi connectivity index (χ4n) is 4.08. The summed E-state index contributed by atoms with van der Waals surface area (Å²) in [5, 5.41) is 11.4. The van der Waals surface area contributed by atoms with E-state index in [0.717, 1.165) is 31.2 Å². The molecular formula is C23H36IN5O. The van der Waals surface area contributed by atoms with Gasteiger partial charge in [-0.05, 0) is 48.9 Å². The molecule has 1 aliphatic rings. The van der Waals surface area contributed by atoms with Crippen LogP contribution in [0.2, 0.25) is 0 Å². The van der Waals surface area contributed by atoms with E-state index in [1.54, 1.807) is 6.20 Å². The topological polar surface area (TPSA) is 63.5 Å². The van der Waals surface area contributed by atoms with Gasteiger partial charge in [0.1, 0.15) is 0 Å². The zero-order valence-corrected chi connectivity index (χ0v) is 21.1. The molecule has 1 aromatic carbocycles. The average molecular weight is 525 g/mol. The molecule has 0 radical (unpaired) electrons. The van der Waals surface area contributed by atoms with Crippen molar-refractivity contribution in [2.45, 2.75) is 52.7 Å².